The zero-order chi connectivity index (χ0) is 12.0. The van der Waals surface area contributed by atoms with Crippen LogP contribution in [0.2, 0.25) is 0 Å². The second-order valence-electron chi connectivity index (χ2n) is 3.58. The number of nitriles is 1. The summed E-state index contributed by atoms with van der Waals surface area (Å²) in [5.41, 5.74) is 6.84. The molecule has 0 heterocycles. The lowest BCUT2D eigenvalue weighted by atomic mass is 10.1. The molecule has 0 fully saturated rings. The second-order valence-corrected chi connectivity index (χ2v) is 4.50. The van der Waals surface area contributed by atoms with Crippen molar-refractivity contribution < 1.29 is 4.74 Å². The molecule has 1 rings (SSSR count). The maximum atomic E-state index is 8.41. The van der Waals surface area contributed by atoms with Gasteiger partial charge in [-0.3, -0.25) is 0 Å². The van der Waals surface area contributed by atoms with Crippen molar-refractivity contribution in [1.29, 1.82) is 5.26 Å². The van der Waals surface area contributed by atoms with E-state index in [-0.39, 0.29) is 6.04 Å². The zero-order valence-corrected chi connectivity index (χ0v) is 10.8. The standard InChI is InChI=1S/C12H15BrN2O/c1-9(15)11-8-10(13)4-5-12(11)16-7-3-2-6-14/h4-5,8-9H,2-3,7,15H2,1H3/t9-/m1/s1. The van der Waals surface area contributed by atoms with E-state index in [2.05, 4.69) is 22.0 Å². The Hall–Kier alpha value is -1.05. The van der Waals surface area contributed by atoms with E-state index >= 15 is 0 Å². The van der Waals surface area contributed by atoms with E-state index in [1.54, 1.807) is 0 Å². The van der Waals surface area contributed by atoms with Crippen molar-refractivity contribution in [2.75, 3.05) is 6.61 Å². The molecule has 0 aliphatic carbocycles. The summed E-state index contributed by atoms with van der Waals surface area (Å²) in [5, 5.41) is 8.41. The quantitative estimate of drug-likeness (QED) is 0.844. The summed E-state index contributed by atoms with van der Waals surface area (Å²) in [6.45, 7) is 2.47. The fraction of sp³-hybridized carbons (Fsp3) is 0.417. The zero-order valence-electron chi connectivity index (χ0n) is 9.24. The number of hydrogen-bond donors (Lipinski definition) is 1. The molecule has 3 nitrogen and oxygen atoms in total. The summed E-state index contributed by atoms with van der Waals surface area (Å²) in [6.07, 6.45) is 1.26. The summed E-state index contributed by atoms with van der Waals surface area (Å²) in [4.78, 5) is 0. The van der Waals surface area contributed by atoms with Crippen LogP contribution >= 0.6 is 15.9 Å². The summed E-state index contributed by atoms with van der Waals surface area (Å²) in [6, 6.07) is 7.80. The van der Waals surface area contributed by atoms with Gasteiger partial charge in [-0.15, -0.1) is 0 Å². The molecule has 0 saturated heterocycles. The third-order valence-corrected chi connectivity index (χ3v) is 2.65. The molecule has 16 heavy (non-hydrogen) atoms. The number of hydrogen-bond acceptors (Lipinski definition) is 3. The molecule has 0 aliphatic rings. The third-order valence-electron chi connectivity index (χ3n) is 2.15. The number of nitrogens with two attached hydrogens (primary N) is 1. The molecule has 2 N–H and O–H groups in total. The SMILES string of the molecule is C[C@@H](N)c1cc(Br)ccc1OCCCC#N. The Balaban J connectivity index is 2.68. The predicted molar refractivity (Wildman–Crippen MR) is 67.1 cm³/mol. The minimum absolute atomic E-state index is 0.0662. The van der Waals surface area contributed by atoms with Crippen molar-refractivity contribution in [2.24, 2.45) is 5.73 Å². The summed E-state index contributed by atoms with van der Waals surface area (Å²) in [7, 11) is 0. The van der Waals surface area contributed by atoms with E-state index in [0.29, 0.717) is 13.0 Å². The molecule has 0 radical (unpaired) electrons. The number of unbranched alkanes of at least 4 members (excludes halogenated alkanes) is 1. The summed E-state index contributed by atoms with van der Waals surface area (Å²) < 4.78 is 6.59. The van der Waals surface area contributed by atoms with Crippen molar-refractivity contribution in [3.05, 3.63) is 28.2 Å². The topological polar surface area (TPSA) is 59.0 Å². The van der Waals surface area contributed by atoms with Crippen molar-refractivity contribution in [3.8, 4) is 11.8 Å². The molecule has 0 amide bonds. The Morgan fingerprint density at radius 1 is 1.56 bits per heavy atom. The van der Waals surface area contributed by atoms with Crippen LogP contribution in [0.5, 0.6) is 5.75 Å². The molecule has 86 valence electrons. The molecule has 0 aliphatic heterocycles. The molecule has 0 saturated carbocycles. The summed E-state index contributed by atoms with van der Waals surface area (Å²) in [5.74, 6) is 0.802. The molecular formula is C12H15BrN2O. The Bertz CT molecular complexity index is 385. The van der Waals surface area contributed by atoms with Crippen LogP contribution < -0.4 is 10.5 Å². The Labute approximate surface area is 104 Å². The van der Waals surface area contributed by atoms with E-state index < -0.39 is 0 Å². The smallest absolute Gasteiger partial charge is 0.124 e. The normalized spacial score (nSPS) is 11.9. The monoisotopic (exact) mass is 282 g/mol. The second kappa shape index (κ2) is 6.51. The van der Waals surface area contributed by atoms with Gasteiger partial charge in [0.15, 0.2) is 0 Å². The lowest BCUT2D eigenvalue weighted by molar-refractivity contribution is 0.308. The lowest BCUT2D eigenvalue weighted by Crippen LogP contribution is -2.08. The highest BCUT2D eigenvalue weighted by molar-refractivity contribution is 9.10. The van der Waals surface area contributed by atoms with E-state index in [1.165, 1.54) is 0 Å². The van der Waals surface area contributed by atoms with Gasteiger partial charge in [0.25, 0.3) is 0 Å². The first kappa shape index (κ1) is 13.0. The third kappa shape index (κ3) is 3.84. The summed E-state index contributed by atoms with van der Waals surface area (Å²) >= 11 is 3.40. The van der Waals surface area contributed by atoms with E-state index in [4.69, 9.17) is 15.7 Å². The maximum Gasteiger partial charge on any atom is 0.124 e. The number of nitrogens with zero attached hydrogens (tertiary/aromatic N) is 1. The minimum atomic E-state index is -0.0662. The Morgan fingerprint density at radius 2 is 2.31 bits per heavy atom. The first-order valence-electron chi connectivity index (χ1n) is 5.20. The molecule has 0 unspecified atom stereocenters. The largest absolute Gasteiger partial charge is 0.493 e. The van der Waals surface area contributed by atoms with Gasteiger partial charge in [0.1, 0.15) is 5.75 Å². The number of benzene rings is 1. The van der Waals surface area contributed by atoms with Gasteiger partial charge in [-0.1, -0.05) is 15.9 Å². The van der Waals surface area contributed by atoms with Crippen LogP contribution in [0.1, 0.15) is 31.4 Å². The molecule has 1 aromatic carbocycles. The minimum Gasteiger partial charge on any atom is -0.493 e. The van der Waals surface area contributed by atoms with Gasteiger partial charge in [0.2, 0.25) is 0 Å². The van der Waals surface area contributed by atoms with Crippen LogP contribution in [-0.4, -0.2) is 6.61 Å². The molecule has 0 spiro atoms. The van der Waals surface area contributed by atoms with Crippen LogP contribution in [-0.2, 0) is 0 Å². The average molecular weight is 283 g/mol. The van der Waals surface area contributed by atoms with Gasteiger partial charge in [-0.25, -0.2) is 0 Å². The van der Waals surface area contributed by atoms with Crippen LogP contribution in [0.4, 0.5) is 0 Å². The molecule has 1 aromatic rings. The van der Waals surface area contributed by atoms with Gasteiger partial charge in [-0.05, 0) is 31.5 Å². The van der Waals surface area contributed by atoms with Gasteiger partial charge in [0.05, 0.1) is 12.7 Å². The molecule has 1 atom stereocenters. The van der Waals surface area contributed by atoms with Gasteiger partial charge in [0, 0.05) is 22.5 Å². The molecule has 4 heteroatoms. The van der Waals surface area contributed by atoms with Crippen LogP contribution in [0.3, 0.4) is 0 Å². The first-order valence-corrected chi connectivity index (χ1v) is 5.99. The predicted octanol–water partition coefficient (Wildman–Crippen LogP) is 3.15. The first-order chi connectivity index (χ1) is 7.65. The molecule has 0 bridgehead atoms. The maximum absolute atomic E-state index is 8.41. The van der Waals surface area contributed by atoms with Crippen molar-refractivity contribution >= 4 is 15.9 Å². The van der Waals surface area contributed by atoms with Crippen molar-refractivity contribution in [1.82, 2.24) is 0 Å². The highest BCUT2D eigenvalue weighted by atomic mass is 79.9. The van der Waals surface area contributed by atoms with Crippen molar-refractivity contribution in [2.45, 2.75) is 25.8 Å². The fourth-order valence-corrected chi connectivity index (χ4v) is 1.72. The van der Waals surface area contributed by atoms with E-state index in [1.807, 2.05) is 25.1 Å². The average Bonchev–Trinajstić information content (AvgIpc) is 2.26. The van der Waals surface area contributed by atoms with Gasteiger partial charge >= 0.3 is 0 Å². The molecular weight excluding hydrogens is 268 g/mol. The van der Waals surface area contributed by atoms with Gasteiger partial charge in [-0.2, -0.15) is 5.26 Å². The van der Waals surface area contributed by atoms with Crippen LogP contribution in [0.15, 0.2) is 22.7 Å². The Morgan fingerprint density at radius 3 is 2.94 bits per heavy atom. The number of halogens is 1. The van der Waals surface area contributed by atoms with Crippen molar-refractivity contribution in [3.63, 3.8) is 0 Å². The van der Waals surface area contributed by atoms with Gasteiger partial charge < -0.3 is 10.5 Å². The highest BCUT2D eigenvalue weighted by Gasteiger charge is 2.08. The van der Waals surface area contributed by atoms with Crippen LogP contribution in [0, 0.1) is 11.3 Å². The number of rotatable bonds is 5. The van der Waals surface area contributed by atoms with Crippen LogP contribution in [0.25, 0.3) is 0 Å². The fourth-order valence-electron chi connectivity index (χ4n) is 1.34. The number of ether oxygens (including phenoxy) is 1. The van der Waals surface area contributed by atoms with E-state index in [0.717, 1.165) is 22.2 Å². The lowest BCUT2D eigenvalue weighted by Gasteiger charge is -2.14. The van der Waals surface area contributed by atoms with E-state index in [9.17, 15) is 0 Å². The highest BCUT2D eigenvalue weighted by Crippen LogP contribution is 2.27. The Kier molecular flexibility index (Phi) is 5.30. The molecule has 0 aromatic heterocycles.